The van der Waals surface area contributed by atoms with Crippen LogP contribution in [0.25, 0.3) is 15.8 Å². The summed E-state index contributed by atoms with van der Waals surface area (Å²) in [6.45, 7) is 0. The normalized spacial score (nSPS) is 13.1. The quantitative estimate of drug-likeness (QED) is 0.502. The molecule has 21 heavy (non-hydrogen) atoms. The predicted octanol–water partition coefficient (Wildman–Crippen LogP) is 4.74. The number of alkyl halides is 4. The summed E-state index contributed by atoms with van der Waals surface area (Å²) in [6.07, 6.45) is -4.36. The number of hydrogen-bond donors (Lipinski definition) is 1. The molecule has 1 aromatic carbocycles. The third-order valence-corrected chi connectivity index (χ3v) is 3.90. The van der Waals surface area contributed by atoms with Gasteiger partial charge in [0.05, 0.1) is 15.8 Å². The van der Waals surface area contributed by atoms with E-state index >= 15 is 0 Å². The van der Waals surface area contributed by atoms with Crippen molar-refractivity contribution >= 4 is 38.7 Å². The molecule has 0 radical (unpaired) electrons. The van der Waals surface area contributed by atoms with Gasteiger partial charge in [0.15, 0.2) is 0 Å². The van der Waals surface area contributed by atoms with Gasteiger partial charge in [-0.25, -0.2) is 4.98 Å². The smallest absolute Gasteiger partial charge is 0.416 e. The van der Waals surface area contributed by atoms with Gasteiger partial charge in [-0.05, 0) is 18.2 Å². The maximum Gasteiger partial charge on any atom is 0.416 e. The van der Waals surface area contributed by atoms with E-state index in [1.807, 2.05) is 0 Å². The zero-order valence-corrected chi connectivity index (χ0v) is 12.0. The number of thiazole rings is 1. The Labute approximate surface area is 126 Å². The van der Waals surface area contributed by atoms with Gasteiger partial charge in [-0.2, -0.15) is 18.4 Å². The summed E-state index contributed by atoms with van der Waals surface area (Å²) in [5, 5.41) is 19.0. The molecule has 0 amide bonds. The van der Waals surface area contributed by atoms with E-state index < -0.39 is 11.7 Å². The second-order valence-electron chi connectivity index (χ2n) is 4.07. The Hall–Kier alpha value is -1.78. The average molecular weight is 333 g/mol. The van der Waals surface area contributed by atoms with Crippen molar-refractivity contribution in [2.24, 2.45) is 0 Å². The second kappa shape index (κ2) is 5.92. The summed E-state index contributed by atoms with van der Waals surface area (Å²) in [5.74, 6) is -0.0947. The number of halogens is 4. The Balaban J connectivity index is 2.53. The average Bonchev–Trinajstić information content (AvgIpc) is 2.81. The summed E-state index contributed by atoms with van der Waals surface area (Å²) < 4.78 is 38.4. The molecule has 0 bridgehead atoms. The van der Waals surface area contributed by atoms with Crippen molar-refractivity contribution in [1.82, 2.24) is 4.98 Å². The standard InChI is InChI=1S/C13H8ClF3N2OS/c14-4-3-10(20)8(6-18)12-19-9-5-7(13(15,16)17)1-2-11(9)21-12/h1-2,5,20H,3-4H2. The maximum absolute atomic E-state index is 12.6. The number of nitriles is 1. The highest BCUT2D eigenvalue weighted by Gasteiger charge is 2.30. The van der Waals surface area contributed by atoms with Gasteiger partial charge in [0, 0.05) is 12.3 Å². The van der Waals surface area contributed by atoms with Crippen molar-refractivity contribution < 1.29 is 18.3 Å². The fourth-order valence-electron chi connectivity index (χ4n) is 1.66. The Morgan fingerprint density at radius 1 is 1.43 bits per heavy atom. The zero-order valence-electron chi connectivity index (χ0n) is 10.4. The van der Waals surface area contributed by atoms with Crippen LogP contribution in [0.3, 0.4) is 0 Å². The molecule has 0 spiro atoms. The number of rotatable bonds is 3. The highest BCUT2D eigenvalue weighted by atomic mass is 35.5. The fourth-order valence-corrected chi connectivity index (χ4v) is 2.80. The molecular formula is C13H8ClF3N2OS. The zero-order chi connectivity index (χ0) is 15.6. The molecule has 0 atom stereocenters. The predicted molar refractivity (Wildman–Crippen MR) is 75.1 cm³/mol. The monoisotopic (exact) mass is 332 g/mol. The lowest BCUT2D eigenvalue weighted by Gasteiger charge is -2.04. The lowest BCUT2D eigenvalue weighted by Crippen LogP contribution is -2.03. The number of aromatic nitrogens is 1. The van der Waals surface area contributed by atoms with Gasteiger partial charge < -0.3 is 5.11 Å². The van der Waals surface area contributed by atoms with Gasteiger partial charge in [-0.15, -0.1) is 22.9 Å². The summed E-state index contributed by atoms with van der Waals surface area (Å²) in [7, 11) is 0. The van der Waals surface area contributed by atoms with E-state index in [1.54, 1.807) is 6.07 Å². The van der Waals surface area contributed by atoms with E-state index in [0.29, 0.717) is 4.70 Å². The van der Waals surface area contributed by atoms with Crippen molar-refractivity contribution in [3.8, 4) is 6.07 Å². The third kappa shape index (κ3) is 3.28. The van der Waals surface area contributed by atoms with Gasteiger partial charge in [0.25, 0.3) is 0 Å². The Morgan fingerprint density at radius 2 is 2.14 bits per heavy atom. The second-order valence-corrected chi connectivity index (χ2v) is 5.48. The molecular weight excluding hydrogens is 325 g/mol. The highest BCUT2D eigenvalue weighted by Crippen LogP contribution is 2.34. The van der Waals surface area contributed by atoms with Crippen molar-refractivity contribution in [1.29, 1.82) is 5.26 Å². The van der Waals surface area contributed by atoms with Crippen molar-refractivity contribution in [2.75, 3.05) is 5.88 Å². The molecule has 0 unspecified atom stereocenters. The van der Waals surface area contributed by atoms with Gasteiger partial charge in [-0.1, -0.05) is 0 Å². The minimum Gasteiger partial charge on any atom is -0.511 e. The number of aliphatic hydroxyl groups excluding tert-OH is 1. The molecule has 0 aliphatic rings. The highest BCUT2D eigenvalue weighted by molar-refractivity contribution is 7.19. The molecule has 0 saturated carbocycles. The first kappa shape index (κ1) is 15.6. The molecule has 2 rings (SSSR count). The van der Waals surface area contributed by atoms with Gasteiger partial charge in [-0.3, -0.25) is 0 Å². The van der Waals surface area contributed by atoms with Crippen LogP contribution in [-0.4, -0.2) is 16.0 Å². The van der Waals surface area contributed by atoms with Crippen LogP contribution >= 0.6 is 22.9 Å². The van der Waals surface area contributed by atoms with Crippen LogP contribution in [0.1, 0.15) is 17.0 Å². The van der Waals surface area contributed by atoms with Crippen molar-refractivity contribution in [3.63, 3.8) is 0 Å². The largest absolute Gasteiger partial charge is 0.511 e. The molecule has 1 aromatic heterocycles. The molecule has 110 valence electrons. The number of hydrogen-bond acceptors (Lipinski definition) is 4. The molecule has 0 saturated heterocycles. The number of fused-ring (bicyclic) bond motifs is 1. The molecule has 1 heterocycles. The van der Waals surface area contributed by atoms with Gasteiger partial charge in [0.1, 0.15) is 22.4 Å². The van der Waals surface area contributed by atoms with Crippen LogP contribution in [0.4, 0.5) is 13.2 Å². The topological polar surface area (TPSA) is 56.9 Å². The molecule has 8 heteroatoms. The van der Waals surface area contributed by atoms with Gasteiger partial charge in [0.2, 0.25) is 0 Å². The van der Waals surface area contributed by atoms with Crippen LogP contribution in [0.5, 0.6) is 0 Å². The summed E-state index contributed by atoms with van der Waals surface area (Å²) >= 11 is 6.53. The Kier molecular flexibility index (Phi) is 4.40. The number of allylic oxidation sites excluding steroid dienone is 2. The van der Waals surface area contributed by atoms with Crippen LogP contribution in [-0.2, 0) is 6.18 Å². The number of benzene rings is 1. The lowest BCUT2D eigenvalue weighted by atomic mass is 10.2. The first-order valence-corrected chi connectivity index (χ1v) is 7.08. The Bertz CT molecular complexity index is 746. The van der Waals surface area contributed by atoms with Crippen LogP contribution in [0.2, 0.25) is 0 Å². The van der Waals surface area contributed by atoms with Crippen molar-refractivity contribution in [3.05, 3.63) is 34.5 Å². The lowest BCUT2D eigenvalue weighted by molar-refractivity contribution is -0.137. The molecule has 0 aliphatic carbocycles. The van der Waals surface area contributed by atoms with E-state index in [-0.39, 0.29) is 34.2 Å². The summed E-state index contributed by atoms with van der Waals surface area (Å²) in [5.41, 5.74) is -0.735. The van der Waals surface area contributed by atoms with Crippen LogP contribution in [0, 0.1) is 11.3 Å². The third-order valence-electron chi connectivity index (χ3n) is 2.66. The number of aliphatic hydroxyl groups is 1. The summed E-state index contributed by atoms with van der Waals surface area (Å²) in [4.78, 5) is 4.00. The van der Waals surface area contributed by atoms with E-state index in [9.17, 15) is 18.3 Å². The first-order valence-electron chi connectivity index (χ1n) is 5.73. The van der Waals surface area contributed by atoms with Crippen LogP contribution in [0.15, 0.2) is 24.0 Å². The Morgan fingerprint density at radius 3 is 2.71 bits per heavy atom. The van der Waals surface area contributed by atoms with E-state index in [2.05, 4.69) is 4.98 Å². The molecule has 0 aliphatic heterocycles. The molecule has 0 fully saturated rings. The maximum atomic E-state index is 12.6. The minimum atomic E-state index is -4.45. The van der Waals surface area contributed by atoms with E-state index in [1.165, 1.54) is 6.07 Å². The fraction of sp³-hybridized carbons (Fsp3) is 0.231. The SMILES string of the molecule is N#CC(=C(O)CCCl)c1nc2cc(C(F)(F)F)ccc2s1. The summed E-state index contributed by atoms with van der Waals surface area (Å²) in [6, 6.07) is 4.98. The molecule has 2 aromatic rings. The molecule has 3 nitrogen and oxygen atoms in total. The minimum absolute atomic E-state index is 0.0644. The first-order chi connectivity index (χ1) is 9.86. The van der Waals surface area contributed by atoms with Crippen molar-refractivity contribution in [2.45, 2.75) is 12.6 Å². The van der Waals surface area contributed by atoms with E-state index in [0.717, 1.165) is 23.5 Å². The number of nitrogens with zero attached hydrogens (tertiary/aromatic N) is 2. The van der Waals surface area contributed by atoms with Gasteiger partial charge >= 0.3 is 6.18 Å². The van der Waals surface area contributed by atoms with E-state index in [4.69, 9.17) is 16.9 Å². The molecule has 1 N–H and O–H groups in total. The van der Waals surface area contributed by atoms with Crippen LogP contribution < -0.4 is 0 Å².